The van der Waals surface area contributed by atoms with Crippen molar-refractivity contribution in [2.24, 2.45) is 0 Å². The van der Waals surface area contributed by atoms with Crippen LogP contribution in [0.5, 0.6) is 0 Å². The van der Waals surface area contributed by atoms with Gasteiger partial charge in [-0.3, -0.25) is 4.79 Å². The molecule has 0 fully saturated rings. The number of hydrogen-bond acceptors (Lipinski definition) is 5. The number of Topliss-reactive ketones (excluding diaryl/α,β-unsaturated/α-hetero) is 1. The molecule has 2 aromatic rings. The number of benzene rings is 1. The lowest BCUT2D eigenvalue weighted by atomic mass is 10.1. The van der Waals surface area contributed by atoms with Crippen LogP contribution in [0.2, 0.25) is 0 Å². The number of carbonyl (C=O) groups excluding carboxylic acids is 2. The van der Waals surface area contributed by atoms with Crippen molar-refractivity contribution in [1.29, 1.82) is 0 Å². The molecule has 0 radical (unpaired) electrons. The van der Waals surface area contributed by atoms with Gasteiger partial charge in [-0.1, -0.05) is 17.3 Å². The van der Waals surface area contributed by atoms with Gasteiger partial charge in [0.1, 0.15) is 11.3 Å². The average Bonchev–Trinajstić information content (AvgIpc) is 2.76. The second kappa shape index (κ2) is 6.17. The van der Waals surface area contributed by atoms with Crippen LogP contribution >= 0.6 is 22.6 Å². The van der Waals surface area contributed by atoms with Gasteiger partial charge >= 0.3 is 5.97 Å². The van der Waals surface area contributed by atoms with Crippen LogP contribution < -0.4 is 0 Å². The minimum absolute atomic E-state index is 0.249. The summed E-state index contributed by atoms with van der Waals surface area (Å²) >= 11 is 2.15. The quantitative estimate of drug-likeness (QED) is 0.460. The Kier molecular flexibility index (Phi) is 4.53. The number of aryl methyl sites for hydroxylation is 2. The SMILES string of the molecule is Cc1noc(C)c1C(=O)OCC(=O)c1ccc(I)cc1. The predicted octanol–water partition coefficient (Wildman–Crippen LogP) is 2.94. The summed E-state index contributed by atoms with van der Waals surface area (Å²) in [6.45, 7) is 2.97. The number of nitrogens with zero attached hydrogens (tertiary/aromatic N) is 1. The molecule has 1 heterocycles. The number of aromatic nitrogens is 1. The average molecular weight is 385 g/mol. The molecule has 1 aromatic carbocycles. The first-order valence-electron chi connectivity index (χ1n) is 5.88. The summed E-state index contributed by atoms with van der Waals surface area (Å²) < 4.78 is 10.9. The number of carbonyl (C=O) groups is 2. The molecule has 1 aromatic heterocycles. The Morgan fingerprint density at radius 2 is 1.90 bits per heavy atom. The van der Waals surface area contributed by atoms with Gasteiger partial charge in [-0.15, -0.1) is 0 Å². The molecule has 104 valence electrons. The Labute approximate surface area is 129 Å². The lowest BCUT2D eigenvalue weighted by Crippen LogP contribution is -2.15. The lowest BCUT2D eigenvalue weighted by Gasteiger charge is -2.04. The smallest absolute Gasteiger partial charge is 0.344 e. The summed E-state index contributed by atoms with van der Waals surface area (Å²) in [6.07, 6.45) is 0. The van der Waals surface area contributed by atoms with Crippen molar-refractivity contribution in [2.75, 3.05) is 6.61 Å². The van der Waals surface area contributed by atoms with Crippen molar-refractivity contribution in [3.63, 3.8) is 0 Å². The summed E-state index contributed by atoms with van der Waals surface area (Å²) in [7, 11) is 0. The summed E-state index contributed by atoms with van der Waals surface area (Å²) in [5.74, 6) is -0.462. The zero-order valence-electron chi connectivity index (χ0n) is 11.0. The van der Waals surface area contributed by atoms with Gasteiger partial charge in [0.25, 0.3) is 0 Å². The van der Waals surface area contributed by atoms with Crippen LogP contribution in [0.4, 0.5) is 0 Å². The fraction of sp³-hybridized carbons (Fsp3) is 0.214. The lowest BCUT2D eigenvalue weighted by molar-refractivity contribution is 0.0472. The van der Waals surface area contributed by atoms with Crippen LogP contribution in [0.15, 0.2) is 28.8 Å². The molecule has 6 heteroatoms. The summed E-state index contributed by atoms with van der Waals surface area (Å²) in [5.41, 5.74) is 1.24. The van der Waals surface area contributed by atoms with Gasteiger partial charge in [-0.25, -0.2) is 4.79 Å². The second-order valence-electron chi connectivity index (χ2n) is 4.21. The van der Waals surface area contributed by atoms with Gasteiger partial charge in [0.05, 0.1) is 5.69 Å². The van der Waals surface area contributed by atoms with E-state index in [2.05, 4.69) is 27.7 Å². The van der Waals surface area contributed by atoms with E-state index in [1.54, 1.807) is 26.0 Å². The molecule has 0 aliphatic carbocycles. The Morgan fingerprint density at radius 3 is 2.45 bits per heavy atom. The number of ether oxygens (including phenoxy) is 1. The number of hydrogen-bond donors (Lipinski definition) is 0. The van der Waals surface area contributed by atoms with E-state index < -0.39 is 5.97 Å². The van der Waals surface area contributed by atoms with Crippen LogP contribution in [0.25, 0.3) is 0 Å². The standard InChI is InChI=1S/C14H12INO4/c1-8-13(9(2)20-16-8)14(18)19-7-12(17)10-3-5-11(15)6-4-10/h3-6H,7H2,1-2H3. The normalized spacial score (nSPS) is 10.3. The molecule has 0 saturated heterocycles. The molecule has 0 atom stereocenters. The number of halogens is 1. The van der Waals surface area contributed by atoms with Crippen molar-refractivity contribution < 1.29 is 18.8 Å². The highest BCUT2D eigenvalue weighted by Gasteiger charge is 2.20. The molecular formula is C14H12INO4. The summed E-state index contributed by atoms with van der Waals surface area (Å²) in [5, 5.41) is 3.67. The third kappa shape index (κ3) is 3.24. The van der Waals surface area contributed by atoms with Crippen molar-refractivity contribution in [3.05, 3.63) is 50.4 Å². The van der Waals surface area contributed by atoms with Crippen molar-refractivity contribution in [3.8, 4) is 0 Å². The van der Waals surface area contributed by atoms with Crippen LogP contribution in [-0.4, -0.2) is 23.5 Å². The van der Waals surface area contributed by atoms with Crippen molar-refractivity contribution in [2.45, 2.75) is 13.8 Å². The van der Waals surface area contributed by atoms with E-state index in [-0.39, 0.29) is 18.0 Å². The first-order chi connectivity index (χ1) is 9.49. The van der Waals surface area contributed by atoms with Crippen molar-refractivity contribution >= 4 is 34.3 Å². The van der Waals surface area contributed by atoms with E-state index >= 15 is 0 Å². The Bertz CT molecular complexity index is 626. The maximum atomic E-state index is 11.9. The maximum absolute atomic E-state index is 11.9. The molecule has 0 aliphatic heterocycles. The molecule has 0 N–H and O–H groups in total. The van der Waals surface area contributed by atoms with Crippen molar-refractivity contribution in [1.82, 2.24) is 5.16 Å². The van der Waals surface area contributed by atoms with Gasteiger partial charge < -0.3 is 9.26 Å². The zero-order chi connectivity index (χ0) is 14.7. The maximum Gasteiger partial charge on any atom is 0.344 e. The molecule has 0 bridgehead atoms. The number of rotatable bonds is 4. The zero-order valence-corrected chi connectivity index (χ0v) is 13.1. The van der Waals surface area contributed by atoms with Gasteiger partial charge in [-0.2, -0.15) is 0 Å². The van der Waals surface area contributed by atoms with Crippen LogP contribution in [0, 0.1) is 17.4 Å². The minimum Gasteiger partial charge on any atom is -0.454 e. The largest absolute Gasteiger partial charge is 0.454 e. The molecule has 2 rings (SSSR count). The Balaban J connectivity index is 2.00. The van der Waals surface area contributed by atoms with E-state index in [0.29, 0.717) is 17.0 Å². The third-order valence-corrected chi connectivity index (χ3v) is 3.46. The first kappa shape index (κ1) is 14.7. The van der Waals surface area contributed by atoms with E-state index in [0.717, 1.165) is 3.57 Å². The summed E-state index contributed by atoms with van der Waals surface area (Å²) in [4.78, 5) is 23.7. The molecule has 0 saturated carbocycles. The molecule has 0 unspecified atom stereocenters. The second-order valence-corrected chi connectivity index (χ2v) is 5.45. The van der Waals surface area contributed by atoms with Gasteiger partial charge in [0, 0.05) is 9.13 Å². The summed E-state index contributed by atoms with van der Waals surface area (Å²) in [6, 6.07) is 7.05. The van der Waals surface area contributed by atoms with E-state index in [1.165, 1.54) is 0 Å². The Morgan fingerprint density at radius 1 is 1.25 bits per heavy atom. The van der Waals surface area contributed by atoms with E-state index in [9.17, 15) is 9.59 Å². The Hall–Kier alpha value is -1.70. The van der Waals surface area contributed by atoms with E-state index in [1.807, 2.05) is 12.1 Å². The first-order valence-corrected chi connectivity index (χ1v) is 6.95. The van der Waals surface area contributed by atoms with Gasteiger partial charge in [0.2, 0.25) is 0 Å². The monoisotopic (exact) mass is 385 g/mol. The minimum atomic E-state index is -0.597. The molecule has 0 amide bonds. The van der Waals surface area contributed by atoms with Gasteiger partial charge in [-0.05, 0) is 48.6 Å². The fourth-order valence-electron chi connectivity index (χ4n) is 1.70. The highest BCUT2D eigenvalue weighted by molar-refractivity contribution is 14.1. The third-order valence-electron chi connectivity index (χ3n) is 2.74. The topological polar surface area (TPSA) is 69.4 Å². The van der Waals surface area contributed by atoms with Crippen LogP contribution in [0.3, 0.4) is 0 Å². The molecule has 20 heavy (non-hydrogen) atoms. The van der Waals surface area contributed by atoms with Gasteiger partial charge in [0.15, 0.2) is 12.4 Å². The number of ketones is 1. The van der Waals surface area contributed by atoms with Crippen LogP contribution in [0.1, 0.15) is 32.2 Å². The molecule has 0 spiro atoms. The predicted molar refractivity (Wildman–Crippen MR) is 79.7 cm³/mol. The highest BCUT2D eigenvalue weighted by Crippen LogP contribution is 2.14. The van der Waals surface area contributed by atoms with Crippen LogP contribution in [-0.2, 0) is 4.74 Å². The molecular weight excluding hydrogens is 373 g/mol. The molecule has 0 aliphatic rings. The fourth-order valence-corrected chi connectivity index (χ4v) is 2.06. The van der Waals surface area contributed by atoms with E-state index in [4.69, 9.17) is 9.26 Å². The highest BCUT2D eigenvalue weighted by atomic mass is 127. The number of esters is 1. The molecule has 5 nitrogen and oxygen atoms in total.